The third-order valence-electron chi connectivity index (χ3n) is 5.54. The summed E-state index contributed by atoms with van der Waals surface area (Å²) in [4.78, 5) is 25.4. The summed E-state index contributed by atoms with van der Waals surface area (Å²) in [6.45, 7) is 4.38. The van der Waals surface area contributed by atoms with E-state index < -0.39 is 0 Å². The molecule has 5 rings (SSSR count). The van der Waals surface area contributed by atoms with Gasteiger partial charge in [0.05, 0.1) is 22.8 Å². The normalized spacial score (nSPS) is 18.0. The maximum absolute atomic E-state index is 4.94. The van der Waals surface area contributed by atoms with E-state index in [9.17, 15) is 0 Å². The number of hydrogen-bond donors (Lipinski definition) is 0. The van der Waals surface area contributed by atoms with Gasteiger partial charge in [0.25, 0.3) is 0 Å². The van der Waals surface area contributed by atoms with Crippen LogP contribution in [0.15, 0.2) is 89.5 Å². The van der Waals surface area contributed by atoms with Crippen molar-refractivity contribution in [2.45, 2.75) is 13.8 Å². The number of amidine groups is 1. The molecule has 3 aromatic rings. The standard InChI is InChI=1S/C25H22N6/c1-25(2)18-9-8-14-31(3)24(18)30-22(25)16-17-15-21(19-10-4-6-12-26-19)29-23(28-17)20-11-5-7-13-27-20/h4-16H,1-3H3. The summed E-state index contributed by atoms with van der Waals surface area (Å²) in [5.74, 6) is 1.54. The molecule has 0 radical (unpaired) electrons. The molecular weight excluding hydrogens is 384 g/mol. The van der Waals surface area contributed by atoms with E-state index in [0.29, 0.717) is 5.82 Å². The molecule has 0 spiro atoms. The van der Waals surface area contributed by atoms with Crippen LogP contribution in [0.5, 0.6) is 0 Å². The van der Waals surface area contributed by atoms with Crippen LogP contribution in [0, 0.1) is 5.41 Å². The minimum absolute atomic E-state index is 0.227. The van der Waals surface area contributed by atoms with Crippen molar-refractivity contribution in [1.29, 1.82) is 0 Å². The lowest BCUT2D eigenvalue weighted by Gasteiger charge is -2.26. The first-order chi connectivity index (χ1) is 15.0. The van der Waals surface area contributed by atoms with Crippen molar-refractivity contribution in [2.75, 3.05) is 7.05 Å². The largest absolute Gasteiger partial charge is 0.336 e. The van der Waals surface area contributed by atoms with Gasteiger partial charge in [0, 0.05) is 36.6 Å². The van der Waals surface area contributed by atoms with Crippen LogP contribution in [0.3, 0.4) is 0 Å². The van der Waals surface area contributed by atoms with Crippen LogP contribution in [0.1, 0.15) is 19.5 Å². The third kappa shape index (κ3) is 3.46. The quantitative estimate of drug-likeness (QED) is 0.627. The smallest absolute Gasteiger partial charge is 0.179 e. The van der Waals surface area contributed by atoms with Crippen LogP contribution in [0.2, 0.25) is 0 Å². The molecule has 6 nitrogen and oxygen atoms in total. The average molecular weight is 406 g/mol. The number of rotatable bonds is 3. The average Bonchev–Trinajstić information content (AvgIpc) is 3.06. The molecule has 0 saturated heterocycles. The van der Waals surface area contributed by atoms with E-state index in [2.05, 4.69) is 40.9 Å². The molecule has 0 fully saturated rings. The highest BCUT2D eigenvalue weighted by molar-refractivity contribution is 6.05. The molecule has 152 valence electrons. The SMILES string of the molecule is CN1C=CC=C2C1=NC(=Cc1cc(-c3ccccn3)nc(-c3ccccn3)n1)C2(C)C. The Hall–Kier alpha value is -3.93. The highest BCUT2D eigenvalue weighted by Gasteiger charge is 2.39. The molecule has 5 heterocycles. The molecule has 2 aliphatic heterocycles. The van der Waals surface area contributed by atoms with Crippen molar-refractivity contribution < 1.29 is 0 Å². The number of aromatic nitrogens is 4. The molecule has 0 N–H and O–H groups in total. The Balaban J connectivity index is 1.66. The maximum atomic E-state index is 4.94. The van der Waals surface area contributed by atoms with E-state index in [0.717, 1.165) is 34.3 Å². The minimum Gasteiger partial charge on any atom is -0.336 e. The number of hydrogen-bond acceptors (Lipinski definition) is 6. The molecule has 0 amide bonds. The molecule has 2 aliphatic rings. The van der Waals surface area contributed by atoms with Crippen molar-refractivity contribution in [3.8, 4) is 22.9 Å². The maximum Gasteiger partial charge on any atom is 0.179 e. The van der Waals surface area contributed by atoms with Crippen LogP contribution in [-0.4, -0.2) is 37.7 Å². The lowest BCUT2D eigenvalue weighted by atomic mass is 9.81. The Labute approximate surface area is 181 Å². The monoisotopic (exact) mass is 406 g/mol. The number of allylic oxidation sites excluding steroid dienone is 3. The van der Waals surface area contributed by atoms with Crippen LogP contribution in [0.4, 0.5) is 0 Å². The van der Waals surface area contributed by atoms with E-state index in [4.69, 9.17) is 15.0 Å². The van der Waals surface area contributed by atoms with Crippen LogP contribution >= 0.6 is 0 Å². The number of fused-ring (bicyclic) bond motifs is 1. The first-order valence-corrected chi connectivity index (χ1v) is 10.2. The van der Waals surface area contributed by atoms with Gasteiger partial charge in [-0.1, -0.05) is 32.1 Å². The zero-order valence-corrected chi connectivity index (χ0v) is 17.7. The van der Waals surface area contributed by atoms with Gasteiger partial charge < -0.3 is 4.90 Å². The van der Waals surface area contributed by atoms with Gasteiger partial charge in [-0.3, -0.25) is 9.97 Å². The number of aliphatic imine (C=N–C) groups is 1. The third-order valence-corrected chi connectivity index (χ3v) is 5.54. The Bertz CT molecular complexity index is 1200. The van der Waals surface area contributed by atoms with Gasteiger partial charge >= 0.3 is 0 Å². The van der Waals surface area contributed by atoms with Crippen molar-refractivity contribution in [2.24, 2.45) is 10.4 Å². The van der Waals surface area contributed by atoms with Crippen molar-refractivity contribution in [3.05, 3.63) is 90.2 Å². The van der Waals surface area contributed by atoms with Gasteiger partial charge in [-0.05, 0) is 42.5 Å². The lowest BCUT2D eigenvalue weighted by Crippen LogP contribution is -2.27. The fourth-order valence-electron chi connectivity index (χ4n) is 3.77. The summed E-state index contributed by atoms with van der Waals surface area (Å²) in [5, 5.41) is 0. The van der Waals surface area contributed by atoms with E-state index in [-0.39, 0.29) is 5.41 Å². The molecule has 0 atom stereocenters. The van der Waals surface area contributed by atoms with E-state index in [1.165, 1.54) is 5.57 Å². The fraction of sp³-hybridized carbons (Fsp3) is 0.160. The Morgan fingerprint density at radius 3 is 2.32 bits per heavy atom. The summed E-state index contributed by atoms with van der Waals surface area (Å²) in [6.07, 6.45) is 11.8. The molecule has 0 unspecified atom stereocenters. The zero-order chi connectivity index (χ0) is 21.4. The molecule has 31 heavy (non-hydrogen) atoms. The second-order valence-electron chi connectivity index (χ2n) is 8.05. The molecule has 0 bridgehead atoms. The molecule has 0 aliphatic carbocycles. The topological polar surface area (TPSA) is 67.2 Å². The molecule has 0 saturated carbocycles. The van der Waals surface area contributed by atoms with Crippen molar-refractivity contribution in [3.63, 3.8) is 0 Å². The lowest BCUT2D eigenvalue weighted by molar-refractivity contribution is 0.566. The Morgan fingerprint density at radius 1 is 0.903 bits per heavy atom. The second kappa shape index (κ2) is 7.40. The molecular formula is C25H22N6. The van der Waals surface area contributed by atoms with Gasteiger partial charge in [-0.15, -0.1) is 0 Å². The van der Waals surface area contributed by atoms with Crippen LogP contribution in [-0.2, 0) is 0 Å². The van der Waals surface area contributed by atoms with Crippen molar-refractivity contribution in [1.82, 2.24) is 24.8 Å². The van der Waals surface area contributed by atoms with Crippen LogP contribution < -0.4 is 0 Å². The van der Waals surface area contributed by atoms with Gasteiger partial charge in [0.2, 0.25) is 0 Å². The van der Waals surface area contributed by atoms with Gasteiger partial charge in [0.1, 0.15) is 11.5 Å². The molecule has 3 aromatic heterocycles. The fourth-order valence-corrected chi connectivity index (χ4v) is 3.77. The predicted octanol–water partition coefficient (Wildman–Crippen LogP) is 4.77. The number of nitrogens with zero attached hydrogens (tertiary/aromatic N) is 6. The van der Waals surface area contributed by atoms with E-state index in [1.54, 1.807) is 12.4 Å². The highest BCUT2D eigenvalue weighted by atomic mass is 15.2. The Morgan fingerprint density at radius 2 is 1.65 bits per heavy atom. The number of pyridine rings is 2. The number of likely N-dealkylation sites (N-methyl/N-ethyl adjacent to an activating group) is 1. The summed E-state index contributed by atoms with van der Waals surface area (Å²) in [5.41, 5.74) is 4.97. The first kappa shape index (κ1) is 19.1. The van der Waals surface area contributed by atoms with E-state index >= 15 is 0 Å². The summed E-state index contributed by atoms with van der Waals surface area (Å²) in [7, 11) is 2.02. The zero-order valence-electron chi connectivity index (χ0n) is 17.7. The van der Waals surface area contributed by atoms with Gasteiger partial charge in [0.15, 0.2) is 5.82 Å². The molecule has 0 aromatic carbocycles. The van der Waals surface area contributed by atoms with Crippen molar-refractivity contribution >= 4 is 11.9 Å². The second-order valence-corrected chi connectivity index (χ2v) is 8.05. The summed E-state index contributed by atoms with van der Waals surface area (Å²) >= 11 is 0. The predicted molar refractivity (Wildman–Crippen MR) is 123 cm³/mol. The minimum atomic E-state index is -0.227. The first-order valence-electron chi connectivity index (χ1n) is 10.2. The molecule has 6 heteroatoms. The Kier molecular flexibility index (Phi) is 4.55. The van der Waals surface area contributed by atoms with Gasteiger partial charge in [-0.25, -0.2) is 15.0 Å². The van der Waals surface area contributed by atoms with Gasteiger partial charge in [-0.2, -0.15) is 0 Å². The summed E-state index contributed by atoms with van der Waals surface area (Å²) in [6, 6.07) is 13.5. The summed E-state index contributed by atoms with van der Waals surface area (Å²) < 4.78 is 0. The van der Waals surface area contributed by atoms with Crippen LogP contribution in [0.25, 0.3) is 29.0 Å². The van der Waals surface area contributed by atoms with E-state index in [1.807, 2.05) is 61.8 Å². The highest BCUT2D eigenvalue weighted by Crippen LogP contribution is 2.44.